The van der Waals surface area contributed by atoms with Gasteiger partial charge < -0.3 is 20.4 Å². The molecule has 76 valence electrons. The number of aromatic carboxylic acids is 1. The van der Waals surface area contributed by atoms with Crippen LogP contribution < -0.4 is 0 Å². The highest BCUT2D eigenvalue weighted by molar-refractivity contribution is 5.89. The summed E-state index contributed by atoms with van der Waals surface area (Å²) in [5.41, 5.74) is -0.289. The average molecular weight is 198 g/mol. The van der Waals surface area contributed by atoms with Crippen LogP contribution in [-0.2, 0) is 0 Å². The molecule has 1 rings (SSSR count). The van der Waals surface area contributed by atoms with Gasteiger partial charge in [0.15, 0.2) is 17.2 Å². The summed E-state index contributed by atoms with van der Waals surface area (Å²) in [5, 5.41) is 35.0. The number of hydrogen-bond donors (Lipinski definition) is 4. The van der Waals surface area contributed by atoms with Crippen LogP contribution in [-0.4, -0.2) is 26.4 Å². The van der Waals surface area contributed by atoms with Gasteiger partial charge in [-0.1, -0.05) is 0 Å². The summed E-state index contributed by atoms with van der Waals surface area (Å²) >= 11 is 0. The SMILES string of the molecule is C=C.O=C(O)c1cc(O)c(O)c(O)c1. The molecule has 0 radical (unpaired) electrons. The van der Waals surface area contributed by atoms with Gasteiger partial charge in [-0.25, -0.2) is 4.79 Å². The van der Waals surface area contributed by atoms with Crippen molar-refractivity contribution in [3.8, 4) is 17.2 Å². The number of carboxylic acid groups (broad SMARTS) is 1. The van der Waals surface area contributed by atoms with Crippen molar-refractivity contribution in [3.05, 3.63) is 30.9 Å². The number of carboxylic acids is 1. The molecule has 0 saturated carbocycles. The van der Waals surface area contributed by atoms with Gasteiger partial charge in [0.1, 0.15) is 0 Å². The Bertz CT molecular complexity index is 322. The van der Waals surface area contributed by atoms with E-state index in [9.17, 15) is 4.79 Å². The third-order valence-corrected chi connectivity index (χ3v) is 1.32. The number of phenols is 3. The van der Waals surface area contributed by atoms with Gasteiger partial charge in [-0.3, -0.25) is 0 Å². The van der Waals surface area contributed by atoms with Gasteiger partial charge in [0, 0.05) is 0 Å². The first kappa shape index (κ1) is 11.8. The van der Waals surface area contributed by atoms with Gasteiger partial charge in [-0.2, -0.15) is 0 Å². The second kappa shape index (κ2) is 4.76. The zero-order chi connectivity index (χ0) is 11.3. The molecule has 0 spiro atoms. The van der Waals surface area contributed by atoms with Gasteiger partial charge >= 0.3 is 5.97 Å². The minimum absolute atomic E-state index is 0.289. The highest BCUT2D eigenvalue weighted by atomic mass is 16.4. The monoisotopic (exact) mass is 198 g/mol. The Balaban J connectivity index is 0.000000791. The van der Waals surface area contributed by atoms with E-state index in [-0.39, 0.29) is 5.56 Å². The lowest BCUT2D eigenvalue weighted by Gasteiger charge is -2.01. The van der Waals surface area contributed by atoms with E-state index < -0.39 is 23.2 Å². The van der Waals surface area contributed by atoms with Gasteiger partial charge in [0.2, 0.25) is 0 Å². The summed E-state index contributed by atoms with van der Waals surface area (Å²) in [6.45, 7) is 6.00. The van der Waals surface area contributed by atoms with Gasteiger partial charge in [0.25, 0.3) is 0 Å². The predicted octanol–water partition coefficient (Wildman–Crippen LogP) is 1.30. The largest absolute Gasteiger partial charge is 0.504 e. The van der Waals surface area contributed by atoms with Crippen LogP contribution in [0.25, 0.3) is 0 Å². The molecule has 0 saturated heterocycles. The van der Waals surface area contributed by atoms with E-state index in [0.29, 0.717) is 0 Å². The zero-order valence-electron chi connectivity index (χ0n) is 7.27. The number of phenolic OH excluding ortho intramolecular Hbond substituents is 3. The number of benzene rings is 1. The van der Waals surface area contributed by atoms with E-state index in [1.54, 1.807) is 0 Å². The number of aromatic hydroxyl groups is 3. The van der Waals surface area contributed by atoms with E-state index in [0.717, 1.165) is 12.1 Å². The topological polar surface area (TPSA) is 98.0 Å². The van der Waals surface area contributed by atoms with Crippen LogP contribution in [0, 0.1) is 0 Å². The average Bonchev–Trinajstić information content (AvgIpc) is 2.16. The zero-order valence-corrected chi connectivity index (χ0v) is 7.27. The second-order valence-corrected chi connectivity index (χ2v) is 2.17. The van der Waals surface area contributed by atoms with Crippen molar-refractivity contribution in [2.45, 2.75) is 0 Å². The summed E-state index contributed by atoms with van der Waals surface area (Å²) in [4.78, 5) is 10.3. The lowest BCUT2D eigenvalue weighted by Crippen LogP contribution is -1.95. The van der Waals surface area contributed by atoms with Crippen molar-refractivity contribution in [1.29, 1.82) is 0 Å². The van der Waals surface area contributed by atoms with E-state index >= 15 is 0 Å². The maximum absolute atomic E-state index is 10.3. The molecule has 4 N–H and O–H groups in total. The van der Waals surface area contributed by atoms with Crippen molar-refractivity contribution in [2.75, 3.05) is 0 Å². The highest BCUT2D eigenvalue weighted by Crippen LogP contribution is 2.35. The summed E-state index contributed by atoms with van der Waals surface area (Å²) in [6.07, 6.45) is 0. The number of carbonyl (C=O) groups is 1. The van der Waals surface area contributed by atoms with E-state index in [4.69, 9.17) is 20.4 Å². The third-order valence-electron chi connectivity index (χ3n) is 1.32. The third kappa shape index (κ3) is 2.41. The van der Waals surface area contributed by atoms with Crippen LogP contribution in [0.2, 0.25) is 0 Å². The minimum atomic E-state index is -1.29. The van der Waals surface area contributed by atoms with Crippen molar-refractivity contribution in [3.63, 3.8) is 0 Å². The molecular formula is C9H10O5. The van der Waals surface area contributed by atoms with E-state index in [1.165, 1.54) is 0 Å². The van der Waals surface area contributed by atoms with Crippen molar-refractivity contribution in [2.24, 2.45) is 0 Å². The molecule has 0 aromatic heterocycles. The maximum Gasteiger partial charge on any atom is 0.335 e. The molecule has 5 heteroatoms. The first-order valence-corrected chi connectivity index (χ1v) is 3.50. The molecule has 0 aliphatic heterocycles. The quantitative estimate of drug-likeness (QED) is 0.402. The summed E-state index contributed by atoms with van der Waals surface area (Å²) < 4.78 is 0. The Kier molecular flexibility index (Phi) is 4.02. The van der Waals surface area contributed by atoms with E-state index in [2.05, 4.69) is 13.2 Å². The fourth-order valence-corrected chi connectivity index (χ4v) is 0.728. The number of hydrogen-bond acceptors (Lipinski definition) is 4. The first-order valence-electron chi connectivity index (χ1n) is 3.50. The van der Waals surface area contributed by atoms with Gasteiger partial charge in [-0.05, 0) is 12.1 Å². The van der Waals surface area contributed by atoms with Crippen LogP contribution in [0.4, 0.5) is 0 Å². The molecule has 5 nitrogen and oxygen atoms in total. The summed E-state index contributed by atoms with van der Waals surface area (Å²) in [7, 11) is 0. The van der Waals surface area contributed by atoms with Crippen molar-refractivity contribution < 1.29 is 25.2 Å². The van der Waals surface area contributed by atoms with Crippen molar-refractivity contribution >= 4 is 5.97 Å². The Morgan fingerprint density at radius 3 is 1.71 bits per heavy atom. The molecule has 0 unspecified atom stereocenters. The predicted molar refractivity (Wildman–Crippen MR) is 49.6 cm³/mol. The normalized spacial score (nSPS) is 8.57. The fourth-order valence-electron chi connectivity index (χ4n) is 0.728. The smallest absolute Gasteiger partial charge is 0.335 e. The van der Waals surface area contributed by atoms with Crippen LogP contribution in [0.5, 0.6) is 17.2 Å². The summed E-state index contributed by atoms with van der Waals surface area (Å²) in [5.74, 6) is -3.33. The first-order chi connectivity index (χ1) is 6.52. The van der Waals surface area contributed by atoms with E-state index in [1.807, 2.05) is 0 Å². The Morgan fingerprint density at radius 1 is 1.07 bits per heavy atom. The molecule has 0 bridgehead atoms. The molecule has 14 heavy (non-hydrogen) atoms. The van der Waals surface area contributed by atoms with Crippen LogP contribution in [0.3, 0.4) is 0 Å². The Hall–Kier alpha value is -2.17. The van der Waals surface area contributed by atoms with Crippen LogP contribution >= 0.6 is 0 Å². The molecule has 0 heterocycles. The lowest BCUT2D eigenvalue weighted by atomic mass is 10.2. The molecule has 1 aromatic carbocycles. The summed E-state index contributed by atoms with van der Waals surface area (Å²) in [6, 6.07) is 1.69. The minimum Gasteiger partial charge on any atom is -0.504 e. The van der Waals surface area contributed by atoms with Gasteiger partial charge in [-0.15, -0.1) is 13.2 Å². The van der Waals surface area contributed by atoms with Crippen LogP contribution in [0.1, 0.15) is 10.4 Å². The second-order valence-electron chi connectivity index (χ2n) is 2.17. The molecule has 0 atom stereocenters. The Morgan fingerprint density at radius 2 is 1.43 bits per heavy atom. The number of rotatable bonds is 1. The lowest BCUT2D eigenvalue weighted by molar-refractivity contribution is 0.0696. The van der Waals surface area contributed by atoms with Crippen molar-refractivity contribution in [1.82, 2.24) is 0 Å². The Labute approximate surface area is 80.2 Å². The highest BCUT2D eigenvalue weighted by Gasteiger charge is 2.11. The molecule has 1 aromatic rings. The standard InChI is InChI=1S/C7H6O5.C2H4/c8-4-1-3(7(11)12)2-5(9)6(4)10;1-2/h1-2,8-10H,(H,11,12);1-2H2. The molecule has 0 amide bonds. The van der Waals surface area contributed by atoms with Gasteiger partial charge in [0.05, 0.1) is 5.56 Å². The van der Waals surface area contributed by atoms with Crippen LogP contribution in [0.15, 0.2) is 25.3 Å². The molecule has 0 aliphatic rings. The maximum atomic E-state index is 10.3. The molecular weight excluding hydrogens is 188 g/mol. The molecule has 0 aliphatic carbocycles. The molecule has 0 fully saturated rings. The fraction of sp³-hybridized carbons (Fsp3) is 0.